The van der Waals surface area contributed by atoms with Crippen LogP contribution in [0.1, 0.15) is 40.0 Å². The van der Waals surface area contributed by atoms with Gasteiger partial charge in [0.25, 0.3) is 0 Å². The third-order valence-corrected chi connectivity index (χ3v) is 4.20. The zero-order chi connectivity index (χ0) is 18.1. The average Bonchev–Trinajstić information content (AvgIpc) is 2.48. The van der Waals surface area contributed by atoms with Crippen molar-refractivity contribution in [2.75, 3.05) is 29.0 Å². The Morgan fingerprint density at radius 2 is 2.12 bits per heavy atom. The fraction of sp³-hybridized carbons (Fsp3) is 0.625. The standard InChI is InChI=1S/C16H24N6O3/c1-15(2,3)25-14(24)22-16(5-4-6-16)8-18-13-11-12(19-9-20-13)17-7-10(23)21-11/h9H,4-8H2,1-3H3,(H,21,23)(H,22,24)(H2,17,18,19,20). The van der Waals surface area contributed by atoms with Crippen LogP contribution in [0.4, 0.5) is 22.1 Å². The molecule has 0 aromatic carbocycles. The molecule has 2 amide bonds. The molecule has 1 aliphatic heterocycles. The van der Waals surface area contributed by atoms with Gasteiger partial charge >= 0.3 is 6.09 Å². The number of carbonyl (C=O) groups is 2. The summed E-state index contributed by atoms with van der Waals surface area (Å²) in [6, 6.07) is 0. The molecule has 1 fully saturated rings. The Balaban J connectivity index is 1.66. The van der Waals surface area contributed by atoms with Crippen LogP contribution in [0.3, 0.4) is 0 Å². The third-order valence-electron chi connectivity index (χ3n) is 4.20. The molecular formula is C16H24N6O3. The number of nitrogens with one attached hydrogen (secondary N) is 4. The SMILES string of the molecule is CC(C)(C)OC(=O)NC1(CNc2ncnc3c2NC(=O)CN3)CCC1. The van der Waals surface area contributed by atoms with Crippen LogP contribution in [0.2, 0.25) is 0 Å². The number of fused-ring (bicyclic) bond motifs is 1. The molecule has 1 saturated carbocycles. The number of rotatable bonds is 4. The van der Waals surface area contributed by atoms with E-state index in [4.69, 9.17) is 4.74 Å². The van der Waals surface area contributed by atoms with Crippen molar-refractivity contribution in [3.8, 4) is 0 Å². The van der Waals surface area contributed by atoms with Gasteiger partial charge < -0.3 is 26.0 Å². The van der Waals surface area contributed by atoms with Gasteiger partial charge in [0.1, 0.15) is 17.6 Å². The topological polar surface area (TPSA) is 117 Å². The maximum atomic E-state index is 12.1. The maximum absolute atomic E-state index is 12.1. The molecule has 0 saturated heterocycles. The van der Waals surface area contributed by atoms with Crippen molar-refractivity contribution in [1.29, 1.82) is 0 Å². The average molecular weight is 348 g/mol. The first-order valence-electron chi connectivity index (χ1n) is 8.40. The minimum absolute atomic E-state index is 0.143. The maximum Gasteiger partial charge on any atom is 0.408 e. The predicted molar refractivity (Wildman–Crippen MR) is 93.6 cm³/mol. The molecule has 3 rings (SSSR count). The van der Waals surface area contributed by atoms with E-state index in [0.29, 0.717) is 23.9 Å². The molecule has 136 valence electrons. The Kier molecular flexibility index (Phi) is 4.40. The molecule has 0 atom stereocenters. The van der Waals surface area contributed by atoms with Gasteiger partial charge in [0.2, 0.25) is 5.91 Å². The normalized spacial score (nSPS) is 18.1. The van der Waals surface area contributed by atoms with Gasteiger partial charge in [-0.25, -0.2) is 14.8 Å². The van der Waals surface area contributed by atoms with E-state index in [-0.39, 0.29) is 18.0 Å². The Morgan fingerprint density at radius 3 is 2.76 bits per heavy atom. The lowest BCUT2D eigenvalue weighted by Crippen LogP contribution is -2.58. The third kappa shape index (κ3) is 4.09. The summed E-state index contributed by atoms with van der Waals surface area (Å²) in [4.78, 5) is 32.0. The molecule has 25 heavy (non-hydrogen) atoms. The summed E-state index contributed by atoms with van der Waals surface area (Å²) < 4.78 is 5.36. The lowest BCUT2D eigenvalue weighted by atomic mass is 9.76. The number of aromatic nitrogens is 2. The van der Waals surface area contributed by atoms with Gasteiger partial charge in [0.05, 0.1) is 12.1 Å². The number of hydrogen-bond donors (Lipinski definition) is 4. The molecule has 9 heteroatoms. The number of anilines is 3. The van der Waals surface area contributed by atoms with Crippen LogP contribution >= 0.6 is 0 Å². The Bertz CT molecular complexity index is 681. The monoisotopic (exact) mass is 348 g/mol. The van der Waals surface area contributed by atoms with E-state index >= 15 is 0 Å². The molecule has 0 unspecified atom stereocenters. The van der Waals surface area contributed by atoms with Crippen LogP contribution in [0.25, 0.3) is 0 Å². The lowest BCUT2D eigenvalue weighted by Gasteiger charge is -2.43. The molecule has 2 heterocycles. The summed E-state index contributed by atoms with van der Waals surface area (Å²) >= 11 is 0. The van der Waals surface area contributed by atoms with E-state index in [1.165, 1.54) is 6.33 Å². The second-order valence-corrected chi connectivity index (χ2v) is 7.46. The Labute approximate surface area is 146 Å². The van der Waals surface area contributed by atoms with Gasteiger partial charge in [-0.3, -0.25) is 4.79 Å². The van der Waals surface area contributed by atoms with Gasteiger partial charge in [0.15, 0.2) is 11.6 Å². The van der Waals surface area contributed by atoms with Crippen LogP contribution in [-0.2, 0) is 9.53 Å². The second-order valence-electron chi connectivity index (χ2n) is 7.46. The smallest absolute Gasteiger partial charge is 0.408 e. The Hall–Kier alpha value is -2.58. The first-order chi connectivity index (χ1) is 11.8. The summed E-state index contributed by atoms with van der Waals surface area (Å²) in [5.41, 5.74) is -0.373. The van der Waals surface area contributed by atoms with Crippen LogP contribution in [0.5, 0.6) is 0 Å². The van der Waals surface area contributed by atoms with Gasteiger partial charge in [0, 0.05) is 6.54 Å². The highest BCUT2D eigenvalue weighted by Crippen LogP contribution is 2.34. The summed E-state index contributed by atoms with van der Waals surface area (Å²) in [6.45, 7) is 6.18. The predicted octanol–water partition coefficient (Wildman–Crippen LogP) is 1.70. The number of carbonyl (C=O) groups excluding carboxylic acids is 2. The highest BCUT2D eigenvalue weighted by Gasteiger charge is 2.39. The highest BCUT2D eigenvalue weighted by atomic mass is 16.6. The van der Waals surface area contributed by atoms with Crippen LogP contribution in [-0.4, -0.2) is 46.2 Å². The van der Waals surface area contributed by atoms with Crippen molar-refractivity contribution >= 4 is 29.3 Å². The Morgan fingerprint density at radius 1 is 1.36 bits per heavy atom. The minimum Gasteiger partial charge on any atom is -0.444 e. The van der Waals surface area contributed by atoms with Gasteiger partial charge in [-0.05, 0) is 40.0 Å². The second kappa shape index (κ2) is 6.38. The van der Waals surface area contributed by atoms with Crippen molar-refractivity contribution < 1.29 is 14.3 Å². The van der Waals surface area contributed by atoms with Crippen molar-refractivity contribution in [3.05, 3.63) is 6.33 Å². The highest BCUT2D eigenvalue weighted by molar-refractivity contribution is 6.02. The minimum atomic E-state index is -0.538. The number of alkyl carbamates (subject to hydrolysis) is 1. The summed E-state index contributed by atoms with van der Waals surface area (Å²) in [7, 11) is 0. The molecule has 0 spiro atoms. The molecule has 9 nitrogen and oxygen atoms in total. The van der Waals surface area contributed by atoms with Gasteiger partial charge in [-0.1, -0.05) is 0 Å². The van der Waals surface area contributed by atoms with E-state index in [1.54, 1.807) is 0 Å². The zero-order valence-corrected chi connectivity index (χ0v) is 14.7. The molecule has 0 bridgehead atoms. The molecule has 1 aromatic heterocycles. The van der Waals surface area contributed by atoms with Crippen molar-refractivity contribution in [3.63, 3.8) is 0 Å². The fourth-order valence-electron chi connectivity index (χ4n) is 2.84. The largest absolute Gasteiger partial charge is 0.444 e. The summed E-state index contributed by atoms with van der Waals surface area (Å²) in [6.07, 6.45) is 3.76. The van der Waals surface area contributed by atoms with Crippen molar-refractivity contribution in [2.24, 2.45) is 0 Å². The molecule has 1 aliphatic carbocycles. The van der Waals surface area contributed by atoms with Gasteiger partial charge in [-0.15, -0.1) is 0 Å². The van der Waals surface area contributed by atoms with E-state index in [1.807, 2.05) is 20.8 Å². The van der Waals surface area contributed by atoms with Crippen LogP contribution in [0, 0.1) is 0 Å². The molecule has 2 aliphatic rings. The summed E-state index contributed by atoms with van der Waals surface area (Å²) in [5, 5.41) is 11.9. The van der Waals surface area contributed by atoms with Crippen molar-refractivity contribution in [2.45, 2.75) is 51.2 Å². The molecular weight excluding hydrogens is 324 g/mol. The van der Waals surface area contributed by atoms with E-state index in [9.17, 15) is 9.59 Å². The van der Waals surface area contributed by atoms with E-state index in [2.05, 4.69) is 31.2 Å². The number of nitrogens with zero attached hydrogens (tertiary/aromatic N) is 2. The quantitative estimate of drug-likeness (QED) is 0.654. The number of ether oxygens (including phenoxy) is 1. The number of hydrogen-bond acceptors (Lipinski definition) is 7. The fourth-order valence-corrected chi connectivity index (χ4v) is 2.84. The van der Waals surface area contributed by atoms with Gasteiger partial charge in [-0.2, -0.15) is 0 Å². The zero-order valence-electron chi connectivity index (χ0n) is 14.7. The molecule has 0 radical (unpaired) electrons. The van der Waals surface area contributed by atoms with Crippen LogP contribution in [0.15, 0.2) is 6.33 Å². The number of amides is 2. The first-order valence-corrected chi connectivity index (χ1v) is 8.40. The first kappa shape index (κ1) is 17.2. The van der Waals surface area contributed by atoms with E-state index in [0.717, 1.165) is 19.3 Å². The summed E-state index contributed by atoms with van der Waals surface area (Å²) in [5.74, 6) is 0.971. The van der Waals surface area contributed by atoms with E-state index < -0.39 is 11.7 Å². The lowest BCUT2D eigenvalue weighted by molar-refractivity contribution is -0.114. The molecule has 1 aromatic rings. The van der Waals surface area contributed by atoms with Crippen molar-refractivity contribution in [1.82, 2.24) is 15.3 Å². The molecule has 4 N–H and O–H groups in total. The van der Waals surface area contributed by atoms with Crippen LogP contribution < -0.4 is 21.3 Å².